The summed E-state index contributed by atoms with van der Waals surface area (Å²) in [5, 5.41) is 11.7. The zero-order chi connectivity index (χ0) is 13.5. The van der Waals surface area contributed by atoms with Crippen molar-refractivity contribution in [1.29, 1.82) is 0 Å². The molecule has 0 aliphatic carbocycles. The van der Waals surface area contributed by atoms with Gasteiger partial charge in [0, 0.05) is 24.3 Å². The van der Waals surface area contributed by atoms with Crippen LogP contribution in [0.4, 0.5) is 10.1 Å². The predicted octanol–water partition coefficient (Wildman–Crippen LogP) is 2.55. The Morgan fingerprint density at radius 3 is 2.44 bits per heavy atom. The van der Waals surface area contributed by atoms with Gasteiger partial charge in [-0.1, -0.05) is 19.0 Å². The van der Waals surface area contributed by atoms with Gasteiger partial charge in [0.15, 0.2) is 5.84 Å². The minimum absolute atomic E-state index is 0.0679. The smallest absolute Gasteiger partial charge is 0.172 e. The lowest BCUT2D eigenvalue weighted by molar-refractivity contribution is 0.318. The van der Waals surface area contributed by atoms with Crippen molar-refractivity contribution < 1.29 is 9.60 Å². The molecule has 0 spiro atoms. The number of amidine groups is 1. The van der Waals surface area contributed by atoms with Crippen molar-refractivity contribution in [1.82, 2.24) is 0 Å². The Kier molecular flexibility index (Phi) is 5.42. The molecule has 1 aromatic carbocycles. The first-order valence-corrected chi connectivity index (χ1v) is 6.16. The summed E-state index contributed by atoms with van der Waals surface area (Å²) >= 11 is 0. The summed E-state index contributed by atoms with van der Waals surface area (Å²) in [4.78, 5) is 2.12. The topological polar surface area (TPSA) is 61.8 Å². The lowest BCUT2D eigenvalue weighted by Crippen LogP contribution is -2.28. The van der Waals surface area contributed by atoms with Gasteiger partial charge >= 0.3 is 0 Å². The van der Waals surface area contributed by atoms with Crippen LogP contribution in [-0.4, -0.2) is 24.1 Å². The molecule has 18 heavy (non-hydrogen) atoms. The Hall–Kier alpha value is -1.78. The number of nitrogens with zero attached hydrogens (tertiary/aromatic N) is 2. The van der Waals surface area contributed by atoms with Crippen molar-refractivity contribution in [2.24, 2.45) is 10.9 Å². The minimum atomic E-state index is -0.395. The van der Waals surface area contributed by atoms with Gasteiger partial charge in [0.2, 0.25) is 0 Å². The maximum atomic E-state index is 13.3. The van der Waals surface area contributed by atoms with E-state index in [2.05, 4.69) is 23.9 Å². The van der Waals surface area contributed by atoms with Crippen LogP contribution < -0.4 is 10.6 Å². The third-order valence-corrected chi connectivity index (χ3v) is 2.67. The van der Waals surface area contributed by atoms with Crippen molar-refractivity contribution in [2.45, 2.75) is 26.7 Å². The van der Waals surface area contributed by atoms with Crippen LogP contribution in [0.25, 0.3) is 0 Å². The van der Waals surface area contributed by atoms with Crippen LogP contribution in [0.3, 0.4) is 0 Å². The summed E-state index contributed by atoms with van der Waals surface area (Å²) in [6.45, 7) is 5.86. The number of halogens is 1. The molecular formula is C13H20FN3O. The first-order valence-electron chi connectivity index (χ1n) is 6.16. The second-order valence-electron chi connectivity index (χ2n) is 4.13. The van der Waals surface area contributed by atoms with E-state index in [0.29, 0.717) is 5.56 Å². The van der Waals surface area contributed by atoms with Gasteiger partial charge in [-0.2, -0.15) is 0 Å². The number of rotatable bonds is 6. The Bertz CT molecular complexity index is 415. The molecule has 0 aliphatic heterocycles. The van der Waals surface area contributed by atoms with Crippen LogP contribution in [-0.2, 0) is 0 Å². The van der Waals surface area contributed by atoms with Crippen molar-refractivity contribution in [2.75, 3.05) is 18.0 Å². The van der Waals surface area contributed by atoms with Gasteiger partial charge in [-0.15, -0.1) is 0 Å². The zero-order valence-corrected chi connectivity index (χ0v) is 10.9. The molecule has 0 heterocycles. The Morgan fingerprint density at radius 2 is 1.94 bits per heavy atom. The molecule has 5 heteroatoms. The number of nitrogens with two attached hydrogens (primary N) is 1. The first kappa shape index (κ1) is 14.3. The zero-order valence-electron chi connectivity index (χ0n) is 10.9. The van der Waals surface area contributed by atoms with Crippen LogP contribution in [0.5, 0.6) is 0 Å². The third-order valence-electron chi connectivity index (χ3n) is 2.67. The lowest BCUT2D eigenvalue weighted by atomic mass is 10.1. The Labute approximate surface area is 107 Å². The molecule has 0 fully saturated rings. The molecule has 0 radical (unpaired) electrons. The highest BCUT2D eigenvalue weighted by atomic mass is 19.1. The highest BCUT2D eigenvalue weighted by molar-refractivity contribution is 6.02. The second kappa shape index (κ2) is 6.83. The van der Waals surface area contributed by atoms with E-state index in [1.807, 2.05) is 0 Å². The van der Waals surface area contributed by atoms with Crippen molar-refractivity contribution >= 4 is 11.5 Å². The lowest BCUT2D eigenvalue weighted by Gasteiger charge is -2.26. The predicted molar refractivity (Wildman–Crippen MR) is 71.7 cm³/mol. The molecule has 0 saturated carbocycles. The summed E-state index contributed by atoms with van der Waals surface area (Å²) in [5.41, 5.74) is 6.83. The van der Waals surface area contributed by atoms with Crippen molar-refractivity contribution in [3.8, 4) is 0 Å². The molecule has 1 aromatic rings. The fraction of sp³-hybridized carbons (Fsp3) is 0.462. The normalized spacial score (nSPS) is 11.6. The molecule has 100 valence electrons. The van der Waals surface area contributed by atoms with E-state index in [4.69, 9.17) is 10.9 Å². The van der Waals surface area contributed by atoms with E-state index in [1.165, 1.54) is 12.1 Å². The molecule has 0 aliphatic rings. The van der Waals surface area contributed by atoms with Crippen LogP contribution >= 0.6 is 0 Å². The van der Waals surface area contributed by atoms with Crippen LogP contribution in [0.2, 0.25) is 0 Å². The molecule has 0 bridgehead atoms. The van der Waals surface area contributed by atoms with E-state index >= 15 is 0 Å². The summed E-state index contributed by atoms with van der Waals surface area (Å²) in [5.74, 6) is -0.463. The summed E-state index contributed by atoms with van der Waals surface area (Å²) in [6.07, 6.45) is 1.96. The van der Waals surface area contributed by atoms with Gasteiger partial charge in [0.05, 0.1) is 0 Å². The molecule has 0 amide bonds. The van der Waals surface area contributed by atoms with E-state index in [-0.39, 0.29) is 5.84 Å². The van der Waals surface area contributed by atoms with E-state index in [9.17, 15) is 4.39 Å². The Balaban J connectivity index is 3.19. The molecule has 0 saturated heterocycles. The van der Waals surface area contributed by atoms with Crippen LogP contribution in [0.1, 0.15) is 32.3 Å². The fourth-order valence-corrected chi connectivity index (χ4v) is 1.94. The highest BCUT2D eigenvalue weighted by Crippen LogP contribution is 2.22. The van der Waals surface area contributed by atoms with E-state index < -0.39 is 5.82 Å². The molecule has 0 unspecified atom stereocenters. The maximum Gasteiger partial charge on any atom is 0.172 e. The van der Waals surface area contributed by atoms with Crippen LogP contribution in [0, 0.1) is 5.82 Å². The van der Waals surface area contributed by atoms with Crippen molar-refractivity contribution in [3.05, 3.63) is 29.6 Å². The molecule has 3 N–H and O–H groups in total. The average Bonchev–Trinajstić information content (AvgIpc) is 2.37. The van der Waals surface area contributed by atoms with Gasteiger partial charge in [0.1, 0.15) is 5.82 Å². The highest BCUT2D eigenvalue weighted by Gasteiger charge is 2.14. The molecular weight excluding hydrogens is 233 g/mol. The van der Waals surface area contributed by atoms with Crippen molar-refractivity contribution in [3.63, 3.8) is 0 Å². The van der Waals surface area contributed by atoms with Gasteiger partial charge in [0.25, 0.3) is 0 Å². The minimum Gasteiger partial charge on any atom is -0.409 e. The number of benzene rings is 1. The van der Waals surface area contributed by atoms with Crippen LogP contribution in [0.15, 0.2) is 23.4 Å². The quantitative estimate of drug-likeness (QED) is 0.354. The third kappa shape index (κ3) is 3.35. The first-order chi connectivity index (χ1) is 8.63. The Morgan fingerprint density at radius 1 is 1.33 bits per heavy atom. The number of oxime groups is 1. The molecule has 4 nitrogen and oxygen atoms in total. The fourth-order valence-electron chi connectivity index (χ4n) is 1.94. The van der Waals surface area contributed by atoms with E-state index in [0.717, 1.165) is 31.6 Å². The van der Waals surface area contributed by atoms with Gasteiger partial charge in [-0.25, -0.2) is 4.39 Å². The van der Waals surface area contributed by atoms with Gasteiger partial charge in [-0.05, 0) is 31.0 Å². The van der Waals surface area contributed by atoms with Gasteiger partial charge in [-0.3, -0.25) is 0 Å². The SMILES string of the molecule is CCCN(CCC)c1ccc(F)cc1C(N)=NO. The standard InChI is InChI=1S/C13H20FN3O/c1-3-7-17(8-4-2)12-6-5-10(14)9-11(12)13(15)16-18/h5-6,9,18H,3-4,7-8H2,1-2H3,(H2,15,16). The summed E-state index contributed by atoms with van der Waals surface area (Å²) in [6, 6.07) is 4.36. The summed E-state index contributed by atoms with van der Waals surface area (Å²) < 4.78 is 13.3. The number of anilines is 1. The summed E-state index contributed by atoms with van der Waals surface area (Å²) in [7, 11) is 0. The molecule has 0 aromatic heterocycles. The molecule has 1 rings (SSSR count). The number of hydrogen-bond donors (Lipinski definition) is 2. The van der Waals surface area contributed by atoms with Gasteiger partial charge < -0.3 is 15.8 Å². The monoisotopic (exact) mass is 253 g/mol. The molecule has 0 atom stereocenters. The second-order valence-corrected chi connectivity index (χ2v) is 4.13. The average molecular weight is 253 g/mol. The maximum absolute atomic E-state index is 13.3. The number of hydrogen-bond acceptors (Lipinski definition) is 3. The van der Waals surface area contributed by atoms with E-state index in [1.54, 1.807) is 6.07 Å². The largest absolute Gasteiger partial charge is 0.409 e.